The number of nitrogens with one attached hydrogen (secondary N) is 1. The molecule has 1 aromatic rings. The van der Waals surface area contributed by atoms with E-state index >= 15 is 0 Å². The highest BCUT2D eigenvalue weighted by Gasteiger charge is 2.34. The zero-order valence-electron chi connectivity index (χ0n) is 10.9. The van der Waals surface area contributed by atoms with Crippen molar-refractivity contribution >= 4 is 11.9 Å². The minimum Gasteiger partial charge on any atom is -0.481 e. The maximum absolute atomic E-state index is 10.7. The Bertz CT molecular complexity index is 448. The van der Waals surface area contributed by atoms with E-state index in [0.29, 0.717) is 24.7 Å². The second-order valence-electron chi connectivity index (χ2n) is 5.67. The summed E-state index contributed by atoms with van der Waals surface area (Å²) in [5.74, 6) is 0.357. The summed E-state index contributed by atoms with van der Waals surface area (Å²) in [5, 5.41) is 12.0. The van der Waals surface area contributed by atoms with Crippen molar-refractivity contribution in [2.75, 3.05) is 5.32 Å². The van der Waals surface area contributed by atoms with Crippen molar-refractivity contribution in [2.45, 2.75) is 50.5 Å². The second-order valence-corrected chi connectivity index (χ2v) is 5.67. The Balaban J connectivity index is 1.53. The smallest absolute Gasteiger partial charge is 0.306 e. The first-order chi connectivity index (χ1) is 9.22. The molecule has 0 aromatic carbocycles. The Labute approximate surface area is 112 Å². The van der Waals surface area contributed by atoms with Gasteiger partial charge in [-0.15, -0.1) is 0 Å². The van der Waals surface area contributed by atoms with Gasteiger partial charge in [-0.25, -0.2) is 9.97 Å². The van der Waals surface area contributed by atoms with Crippen LogP contribution in [-0.4, -0.2) is 27.1 Å². The van der Waals surface area contributed by atoms with E-state index in [-0.39, 0.29) is 12.0 Å². The van der Waals surface area contributed by atoms with Gasteiger partial charge in [0.15, 0.2) is 0 Å². The van der Waals surface area contributed by atoms with E-state index < -0.39 is 5.97 Å². The van der Waals surface area contributed by atoms with Crippen molar-refractivity contribution in [1.29, 1.82) is 0 Å². The molecule has 2 aliphatic rings. The summed E-state index contributed by atoms with van der Waals surface area (Å²) in [4.78, 5) is 19.4. The average molecular weight is 261 g/mol. The van der Waals surface area contributed by atoms with Gasteiger partial charge in [-0.3, -0.25) is 4.79 Å². The van der Waals surface area contributed by atoms with E-state index in [4.69, 9.17) is 5.11 Å². The molecule has 2 fully saturated rings. The molecule has 0 spiro atoms. The van der Waals surface area contributed by atoms with Gasteiger partial charge in [0.2, 0.25) is 5.95 Å². The van der Waals surface area contributed by atoms with Gasteiger partial charge < -0.3 is 10.4 Å². The predicted octanol–water partition coefficient (Wildman–Crippen LogP) is 2.41. The van der Waals surface area contributed by atoms with Crippen LogP contribution < -0.4 is 5.32 Å². The molecule has 0 saturated heterocycles. The summed E-state index contributed by atoms with van der Waals surface area (Å²) in [7, 11) is 0. The first-order valence-electron chi connectivity index (χ1n) is 7.03. The van der Waals surface area contributed by atoms with Gasteiger partial charge >= 0.3 is 5.97 Å². The molecular weight excluding hydrogens is 242 g/mol. The van der Waals surface area contributed by atoms with Gasteiger partial charge in [-0.1, -0.05) is 12.8 Å². The van der Waals surface area contributed by atoms with Crippen LogP contribution in [0.5, 0.6) is 0 Å². The molecule has 0 aliphatic heterocycles. The highest BCUT2D eigenvalue weighted by atomic mass is 16.4. The van der Waals surface area contributed by atoms with E-state index in [1.165, 1.54) is 31.2 Å². The number of aliphatic carboxylic acids is 1. The highest BCUT2D eigenvalue weighted by molar-refractivity contribution is 5.71. The van der Waals surface area contributed by atoms with Crippen LogP contribution in [0.2, 0.25) is 0 Å². The van der Waals surface area contributed by atoms with Crippen molar-refractivity contribution in [3.05, 3.63) is 18.0 Å². The number of hydrogen-bond acceptors (Lipinski definition) is 4. The van der Waals surface area contributed by atoms with Gasteiger partial charge in [-0.2, -0.15) is 0 Å². The first kappa shape index (κ1) is 12.4. The molecule has 5 nitrogen and oxygen atoms in total. The lowest BCUT2D eigenvalue weighted by molar-refractivity contribution is -0.144. The zero-order chi connectivity index (χ0) is 13.2. The minimum absolute atomic E-state index is 0.199. The molecule has 2 saturated carbocycles. The minimum atomic E-state index is -0.699. The van der Waals surface area contributed by atoms with Crippen LogP contribution in [0.15, 0.2) is 12.4 Å². The molecule has 0 atom stereocenters. The zero-order valence-corrected chi connectivity index (χ0v) is 10.9. The molecule has 2 aliphatic carbocycles. The Morgan fingerprint density at radius 2 is 1.84 bits per heavy atom. The quantitative estimate of drug-likeness (QED) is 0.870. The number of carbonyl (C=O) groups is 1. The number of hydrogen-bond donors (Lipinski definition) is 2. The Hall–Kier alpha value is -1.65. The monoisotopic (exact) mass is 261 g/mol. The third-order valence-corrected chi connectivity index (χ3v) is 4.32. The molecule has 0 unspecified atom stereocenters. The van der Waals surface area contributed by atoms with Gasteiger partial charge in [0, 0.05) is 18.4 Å². The fourth-order valence-corrected chi connectivity index (χ4v) is 3.00. The maximum atomic E-state index is 10.7. The number of carboxylic acids is 1. The molecule has 3 rings (SSSR count). The van der Waals surface area contributed by atoms with Crippen LogP contribution >= 0.6 is 0 Å². The van der Waals surface area contributed by atoms with Crippen molar-refractivity contribution in [3.8, 4) is 0 Å². The predicted molar refractivity (Wildman–Crippen MR) is 71.0 cm³/mol. The van der Waals surface area contributed by atoms with Crippen LogP contribution in [0.3, 0.4) is 0 Å². The normalized spacial score (nSPS) is 26.9. The van der Waals surface area contributed by atoms with Gasteiger partial charge in [0.05, 0.1) is 5.92 Å². The van der Waals surface area contributed by atoms with Crippen molar-refractivity contribution < 1.29 is 9.90 Å². The van der Waals surface area contributed by atoms with Gasteiger partial charge in [-0.05, 0) is 37.2 Å². The average Bonchev–Trinajstić information content (AvgIpc) is 2.87. The third kappa shape index (κ3) is 2.69. The lowest BCUT2D eigenvalue weighted by Gasteiger charge is -2.32. The van der Waals surface area contributed by atoms with Crippen molar-refractivity contribution in [1.82, 2.24) is 9.97 Å². The molecule has 102 valence electrons. The van der Waals surface area contributed by atoms with Crippen LogP contribution in [0, 0.1) is 5.92 Å². The number of carboxylic acid groups (broad SMARTS) is 1. The molecule has 0 radical (unpaired) electrons. The van der Waals surface area contributed by atoms with Crippen LogP contribution in [-0.2, 0) is 4.79 Å². The second kappa shape index (κ2) is 5.15. The van der Waals surface area contributed by atoms with Crippen molar-refractivity contribution in [2.24, 2.45) is 5.92 Å². The lowest BCUT2D eigenvalue weighted by Crippen LogP contribution is -2.39. The molecule has 0 bridgehead atoms. The standard InChI is InChI=1S/C14H19N3O2/c18-13(19)10-5-12(6-10)17-14-15-7-11(8-16-14)9-3-1-2-4-9/h7-10,12H,1-6H2,(H,18,19)(H,15,16,17). The largest absolute Gasteiger partial charge is 0.481 e. The summed E-state index contributed by atoms with van der Waals surface area (Å²) in [6.07, 6.45) is 10.3. The van der Waals surface area contributed by atoms with Crippen LogP contribution in [0.25, 0.3) is 0 Å². The fourth-order valence-electron chi connectivity index (χ4n) is 3.00. The molecular formula is C14H19N3O2. The summed E-state index contributed by atoms with van der Waals surface area (Å²) in [6.45, 7) is 0. The third-order valence-electron chi connectivity index (χ3n) is 4.32. The topological polar surface area (TPSA) is 75.1 Å². The number of aromatic nitrogens is 2. The Morgan fingerprint density at radius 1 is 1.21 bits per heavy atom. The lowest BCUT2D eigenvalue weighted by atomic mass is 9.80. The van der Waals surface area contributed by atoms with E-state index in [1.807, 2.05) is 12.4 Å². The Kier molecular flexibility index (Phi) is 3.36. The van der Waals surface area contributed by atoms with Gasteiger partial charge in [0.1, 0.15) is 0 Å². The molecule has 2 N–H and O–H groups in total. The molecule has 1 aromatic heterocycles. The van der Waals surface area contributed by atoms with Crippen LogP contribution in [0.4, 0.5) is 5.95 Å². The van der Waals surface area contributed by atoms with E-state index in [1.54, 1.807) is 0 Å². The number of nitrogens with zero attached hydrogens (tertiary/aromatic N) is 2. The first-order valence-corrected chi connectivity index (χ1v) is 7.03. The van der Waals surface area contributed by atoms with Gasteiger partial charge in [0.25, 0.3) is 0 Å². The van der Waals surface area contributed by atoms with E-state index in [0.717, 1.165) is 0 Å². The molecule has 0 amide bonds. The summed E-state index contributed by atoms with van der Waals surface area (Å²) in [5.41, 5.74) is 1.24. The summed E-state index contributed by atoms with van der Waals surface area (Å²) >= 11 is 0. The van der Waals surface area contributed by atoms with Crippen molar-refractivity contribution in [3.63, 3.8) is 0 Å². The summed E-state index contributed by atoms with van der Waals surface area (Å²) in [6, 6.07) is 0.207. The maximum Gasteiger partial charge on any atom is 0.306 e. The number of anilines is 1. The SMILES string of the molecule is O=C(O)C1CC(Nc2ncc(C3CCCC3)cn2)C1. The van der Waals surface area contributed by atoms with E-state index in [9.17, 15) is 4.79 Å². The molecule has 1 heterocycles. The molecule has 19 heavy (non-hydrogen) atoms. The highest BCUT2D eigenvalue weighted by Crippen LogP contribution is 2.34. The number of rotatable bonds is 4. The fraction of sp³-hybridized carbons (Fsp3) is 0.643. The molecule has 5 heteroatoms. The summed E-state index contributed by atoms with van der Waals surface area (Å²) < 4.78 is 0. The van der Waals surface area contributed by atoms with E-state index in [2.05, 4.69) is 15.3 Å². The Morgan fingerprint density at radius 3 is 2.42 bits per heavy atom. The van der Waals surface area contributed by atoms with Crippen LogP contribution in [0.1, 0.15) is 50.0 Å².